The highest BCUT2D eigenvalue weighted by atomic mass is 16.5. The zero-order chi connectivity index (χ0) is 14.5. The van der Waals surface area contributed by atoms with Gasteiger partial charge in [0.15, 0.2) is 5.78 Å². The zero-order valence-corrected chi connectivity index (χ0v) is 11.0. The van der Waals surface area contributed by atoms with E-state index in [0.29, 0.717) is 22.4 Å². The summed E-state index contributed by atoms with van der Waals surface area (Å²) in [5.41, 5.74) is 1.72. The summed E-state index contributed by atoms with van der Waals surface area (Å²) in [6.45, 7) is 0. The van der Waals surface area contributed by atoms with Gasteiger partial charge in [0.1, 0.15) is 5.75 Å². The van der Waals surface area contributed by atoms with Crippen LogP contribution in [0.15, 0.2) is 48.5 Å². The molecule has 0 heterocycles. The van der Waals surface area contributed by atoms with E-state index in [0.717, 1.165) is 0 Å². The van der Waals surface area contributed by atoms with Crippen molar-refractivity contribution in [2.24, 2.45) is 0 Å². The molecular formula is C16H14O4. The summed E-state index contributed by atoms with van der Waals surface area (Å²) in [6, 6.07) is 13.5. The van der Waals surface area contributed by atoms with Gasteiger partial charge in [0.2, 0.25) is 0 Å². The first-order valence-electron chi connectivity index (χ1n) is 6.09. The summed E-state index contributed by atoms with van der Waals surface area (Å²) < 4.78 is 5.09. The second kappa shape index (κ2) is 6.02. The number of carbonyl (C=O) groups is 2. The Hall–Kier alpha value is -2.62. The van der Waals surface area contributed by atoms with E-state index in [2.05, 4.69) is 0 Å². The number of methoxy groups -OCH3 is 1. The highest BCUT2D eigenvalue weighted by Crippen LogP contribution is 2.17. The quantitative estimate of drug-likeness (QED) is 0.848. The maximum Gasteiger partial charge on any atom is 0.307 e. The Bertz CT molecular complexity index is 629. The largest absolute Gasteiger partial charge is 0.497 e. The molecule has 2 aromatic carbocycles. The van der Waals surface area contributed by atoms with Gasteiger partial charge in [-0.15, -0.1) is 0 Å². The van der Waals surface area contributed by atoms with Gasteiger partial charge in [0, 0.05) is 11.1 Å². The Morgan fingerprint density at radius 3 is 2.35 bits per heavy atom. The van der Waals surface area contributed by atoms with Gasteiger partial charge in [0.05, 0.1) is 13.5 Å². The fourth-order valence-corrected chi connectivity index (χ4v) is 1.88. The summed E-state index contributed by atoms with van der Waals surface area (Å²) in [7, 11) is 1.55. The number of hydrogen-bond acceptors (Lipinski definition) is 3. The van der Waals surface area contributed by atoms with E-state index < -0.39 is 5.97 Å². The van der Waals surface area contributed by atoms with E-state index in [-0.39, 0.29) is 12.2 Å². The molecule has 0 saturated heterocycles. The zero-order valence-electron chi connectivity index (χ0n) is 11.0. The molecular weight excluding hydrogens is 256 g/mol. The number of benzene rings is 2. The number of rotatable bonds is 5. The molecule has 4 nitrogen and oxygen atoms in total. The van der Waals surface area contributed by atoms with Crippen molar-refractivity contribution in [1.82, 2.24) is 0 Å². The van der Waals surface area contributed by atoms with E-state index in [9.17, 15) is 9.59 Å². The first-order valence-corrected chi connectivity index (χ1v) is 6.09. The van der Waals surface area contributed by atoms with Crippen LogP contribution in [0, 0.1) is 0 Å². The van der Waals surface area contributed by atoms with Gasteiger partial charge in [-0.1, -0.05) is 36.4 Å². The lowest BCUT2D eigenvalue weighted by molar-refractivity contribution is -0.136. The maximum atomic E-state index is 12.3. The number of carboxylic acids is 1. The second-order valence-corrected chi connectivity index (χ2v) is 4.33. The monoisotopic (exact) mass is 270 g/mol. The number of aliphatic carboxylic acids is 1. The molecule has 0 radical (unpaired) electrons. The highest BCUT2D eigenvalue weighted by Gasteiger charge is 2.10. The topological polar surface area (TPSA) is 63.6 Å². The summed E-state index contributed by atoms with van der Waals surface area (Å²) in [6.07, 6.45) is -0.0480. The van der Waals surface area contributed by atoms with E-state index in [1.807, 2.05) is 0 Å². The molecule has 2 rings (SSSR count). The van der Waals surface area contributed by atoms with Crippen LogP contribution < -0.4 is 4.74 Å². The molecule has 0 aliphatic rings. The summed E-state index contributed by atoms with van der Waals surface area (Å²) in [4.78, 5) is 22.9. The number of ether oxygens (including phenoxy) is 1. The third kappa shape index (κ3) is 3.23. The number of ketones is 1. The standard InChI is InChI=1S/C16H14O4/c1-20-14-4-2-3-13(10-14)16(19)12-7-5-11(6-8-12)9-15(17)18/h2-8,10H,9H2,1H3,(H,17,18). The second-order valence-electron chi connectivity index (χ2n) is 4.33. The first kappa shape index (κ1) is 13.8. The molecule has 0 unspecified atom stereocenters. The van der Waals surface area contributed by atoms with Crippen LogP contribution in [-0.4, -0.2) is 24.0 Å². The summed E-state index contributed by atoms with van der Waals surface area (Å²) in [5.74, 6) is -0.388. The van der Waals surface area contributed by atoms with E-state index in [1.165, 1.54) is 0 Å². The molecule has 0 atom stereocenters. The van der Waals surface area contributed by atoms with E-state index in [4.69, 9.17) is 9.84 Å². The minimum atomic E-state index is -0.892. The average molecular weight is 270 g/mol. The fourth-order valence-electron chi connectivity index (χ4n) is 1.88. The molecule has 4 heteroatoms. The highest BCUT2D eigenvalue weighted by molar-refractivity contribution is 6.09. The smallest absolute Gasteiger partial charge is 0.307 e. The lowest BCUT2D eigenvalue weighted by atomic mass is 10.0. The Labute approximate surface area is 116 Å². The molecule has 0 bridgehead atoms. The number of hydrogen-bond donors (Lipinski definition) is 1. The van der Waals surface area contributed by atoms with Crippen molar-refractivity contribution >= 4 is 11.8 Å². The van der Waals surface area contributed by atoms with Gasteiger partial charge in [-0.2, -0.15) is 0 Å². The number of carboxylic acid groups (broad SMARTS) is 1. The minimum Gasteiger partial charge on any atom is -0.497 e. The van der Waals surface area contributed by atoms with Gasteiger partial charge in [-0.25, -0.2) is 0 Å². The maximum absolute atomic E-state index is 12.3. The van der Waals surface area contributed by atoms with Gasteiger partial charge < -0.3 is 9.84 Å². The summed E-state index contributed by atoms with van der Waals surface area (Å²) >= 11 is 0. The molecule has 0 aromatic heterocycles. The van der Waals surface area contributed by atoms with Crippen LogP contribution in [-0.2, 0) is 11.2 Å². The van der Waals surface area contributed by atoms with Crippen LogP contribution in [0.25, 0.3) is 0 Å². The molecule has 0 amide bonds. The molecule has 2 aromatic rings. The van der Waals surface area contributed by atoms with E-state index in [1.54, 1.807) is 55.6 Å². The van der Waals surface area contributed by atoms with Gasteiger partial charge >= 0.3 is 5.97 Å². The Balaban J connectivity index is 2.22. The van der Waals surface area contributed by atoms with Crippen molar-refractivity contribution in [2.75, 3.05) is 7.11 Å². The number of carbonyl (C=O) groups excluding carboxylic acids is 1. The van der Waals surface area contributed by atoms with Crippen molar-refractivity contribution in [3.8, 4) is 5.75 Å². The molecule has 0 aliphatic carbocycles. The fraction of sp³-hybridized carbons (Fsp3) is 0.125. The molecule has 0 spiro atoms. The normalized spacial score (nSPS) is 10.1. The SMILES string of the molecule is COc1cccc(C(=O)c2ccc(CC(=O)O)cc2)c1. The van der Waals surface area contributed by atoms with Crippen molar-refractivity contribution in [2.45, 2.75) is 6.42 Å². The third-order valence-electron chi connectivity index (χ3n) is 2.90. The Morgan fingerprint density at radius 2 is 1.75 bits per heavy atom. The first-order chi connectivity index (χ1) is 9.60. The predicted octanol–water partition coefficient (Wildman–Crippen LogP) is 2.55. The molecule has 102 valence electrons. The van der Waals surface area contributed by atoms with Crippen molar-refractivity contribution in [3.05, 3.63) is 65.2 Å². The van der Waals surface area contributed by atoms with Crippen LogP contribution in [0.3, 0.4) is 0 Å². The lowest BCUT2D eigenvalue weighted by Crippen LogP contribution is -2.03. The van der Waals surface area contributed by atoms with Crippen LogP contribution in [0.5, 0.6) is 5.75 Å². The predicted molar refractivity (Wildman–Crippen MR) is 74.2 cm³/mol. The molecule has 0 saturated carbocycles. The van der Waals surface area contributed by atoms with Crippen LogP contribution in [0.1, 0.15) is 21.5 Å². The molecule has 1 N–H and O–H groups in total. The average Bonchev–Trinajstić information content (AvgIpc) is 2.47. The van der Waals surface area contributed by atoms with Crippen LogP contribution >= 0.6 is 0 Å². The summed E-state index contributed by atoms with van der Waals surface area (Å²) in [5, 5.41) is 8.70. The molecule has 20 heavy (non-hydrogen) atoms. The third-order valence-corrected chi connectivity index (χ3v) is 2.90. The molecule has 0 aliphatic heterocycles. The lowest BCUT2D eigenvalue weighted by Gasteiger charge is -2.05. The Kier molecular flexibility index (Phi) is 4.15. The van der Waals surface area contributed by atoms with Gasteiger partial charge in [0.25, 0.3) is 0 Å². The van der Waals surface area contributed by atoms with Crippen molar-refractivity contribution < 1.29 is 19.4 Å². The van der Waals surface area contributed by atoms with Crippen molar-refractivity contribution in [1.29, 1.82) is 0 Å². The van der Waals surface area contributed by atoms with E-state index >= 15 is 0 Å². The Morgan fingerprint density at radius 1 is 1.05 bits per heavy atom. The molecule has 0 fully saturated rings. The van der Waals surface area contributed by atoms with Crippen molar-refractivity contribution in [3.63, 3.8) is 0 Å². The van der Waals surface area contributed by atoms with Crippen LogP contribution in [0.2, 0.25) is 0 Å². The van der Waals surface area contributed by atoms with Crippen LogP contribution in [0.4, 0.5) is 0 Å². The van der Waals surface area contributed by atoms with Gasteiger partial charge in [-0.05, 0) is 17.7 Å². The minimum absolute atomic E-state index is 0.0480. The van der Waals surface area contributed by atoms with Gasteiger partial charge in [-0.3, -0.25) is 9.59 Å².